The third kappa shape index (κ3) is 10.0. The van der Waals surface area contributed by atoms with Crippen LogP contribution in [-0.2, 0) is 6.54 Å². The van der Waals surface area contributed by atoms with Crippen LogP contribution in [0.25, 0.3) is 0 Å². The van der Waals surface area contributed by atoms with Crippen molar-refractivity contribution in [3.05, 3.63) is 51.3 Å². The number of thiazole rings is 1. The van der Waals surface area contributed by atoms with E-state index in [0.29, 0.717) is 28.1 Å². The largest absolute Gasteiger partial charge is 0.403 e. The number of halogens is 1. The number of allylic oxidation sites excluding steroid dienone is 1. The van der Waals surface area contributed by atoms with E-state index in [1.165, 1.54) is 23.8 Å². The molecular weight excluding hydrogens is 408 g/mol. The summed E-state index contributed by atoms with van der Waals surface area (Å²) in [6.07, 6.45) is 6.17. The molecule has 0 fully saturated rings. The first-order chi connectivity index (χ1) is 14.0. The molecule has 9 heteroatoms. The molecule has 162 valence electrons. The maximum Gasteiger partial charge on any atom is 0.285 e. The number of carbonyl (C=O) groups excluding carboxylic acids is 1. The van der Waals surface area contributed by atoms with Crippen LogP contribution in [0.1, 0.15) is 56.8 Å². The molecule has 0 atom stereocenters. The average molecular weight is 442 g/mol. The Balaban J connectivity index is 0. The van der Waals surface area contributed by atoms with E-state index in [2.05, 4.69) is 15.3 Å². The quantitative estimate of drug-likeness (QED) is 0.480. The number of aromatic nitrogens is 2. The van der Waals surface area contributed by atoms with Gasteiger partial charge >= 0.3 is 0 Å². The second-order valence-electron chi connectivity index (χ2n) is 4.48. The van der Waals surface area contributed by atoms with Crippen LogP contribution in [0.15, 0.2) is 41.4 Å². The zero-order valence-corrected chi connectivity index (χ0v) is 19.9. The minimum atomic E-state index is -0.365. The molecule has 0 aliphatic heterocycles. The van der Waals surface area contributed by atoms with Gasteiger partial charge in [-0.05, 0) is 12.1 Å². The van der Waals surface area contributed by atoms with Gasteiger partial charge in [-0.25, -0.2) is 9.55 Å². The van der Waals surface area contributed by atoms with E-state index in [9.17, 15) is 4.79 Å². The van der Waals surface area contributed by atoms with Gasteiger partial charge in [0.2, 0.25) is 0 Å². The number of nitrogen functional groups attached to an aromatic ring is 1. The van der Waals surface area contributed by atoms with Crippen LogP contribution in [0.4, 0.5) is 5.82 Å². The molecule has 29 heavy (non-hydrogen) atoms. The van der Waals surface area contributed by atoms with Gasteiger partial charge in [-0.2, -0.15) is 0 Å². The number of hydrogen-bond donors (Lipinski definition) is 3. The highest BCUT2D eigenvalue weighted by Gasteiger charge is 2.18. The van der Waals surface area contributed by atoms with Crippen LogP contribution in [0.3, 0.4) is 0 Å². The minimum Gasteiger partial charge on any atom is -0.403 e. The van der Waals surface area contributed by atoms with Crippen molar-refractivity contribution in [2.75, 3.05) is 12.8 Å². The summed E-state index contributed by atoms with van der Waals surface area (Å²) >= 11 is 7.18. The average Bonchev–Trinajstić information content (AvgIpc) is 3.18. The topological polar surface area (TPSA) is 110 Å². The SMILES string of the molecule is CC.CC.CC.CN=C/C(=C\N)NC(=O)c1ccc[n+](Cc2cnc(Cl)s2)c1N. The minimum absolute atomic E-state index is 0.333. The van der Waals surface area contributed by atoms with E-state index >= 15 is 0 Å². The Morgan fingerprint density at radius 1 is 1.31 bits per heavy atom. The molecule has 2 aromatic heterocycles. The molecule has 2 rings (SSSR count). The number of nitrogens with zero attached hydrogens (tertiary/aromatic N) is 3. The molecule has 0 aliphatic carbocycles. The van der Waals surface area contributed by atoms with Gasteiger partial charge in [-0.1, -0.05) is 53.1 Å². The molecule has 5 N–H and O–H groups in total. The number of hydrogen-bond acceptors (Lipinski definition) is 6. The predicted molar refractivity (Wildman–Crippen MR) is 125 cm³/mol. The summed E-state index contributed by atoms with van der Waals surface area (Å²) in [6.45, 7) is 12.5. The molecule has 0 aliphatic rings. The van der Waals surface area contributed by atoms with Crippen molar-refractivity contribution in [3.8, 4) is 0 Å². The van der Waals surface area contributed by atoms with Crippen molar-refractivity contribution in [1.29, 1.82) is 0 Å². The van der Waals surface area contributed by atoms with E-state index in [1.807, 2.05) is 41.5 Å². The summed E-state index contributed by atoms with van der Waals surface area (Å²) in [6, 6.07) is 3.38. The highest BCUT2D eigenvalue weighted by atomic mass is 35.5. The highest BCUT2D eigenvalue weighted by Crippen LogP contribution is 2.18. The number of nitrogens with one attached hydrogen (secondary N) is 1. The van der Waals surface area contributed by atoms with Crippen LogP contribution >= 0.6 is 22.9 Å². The third-order valence-electron chi connectivity index (χ3n) is 2.92. The molecule has 2 aromatic rings. The Bertz CT molecular complexity index is 774. The maximum absolute atomic E-state index is 12.3. The molecule has 7 nitrogen and oxygen atoms in total. The zero-order chi connectivity index (χ0) is 22.8. The number of aliphatic imine (C=N–C) groups is 1. The number of carbonyl (C=O) groups is 1. The summed E-state index contributed by atoms with van der Waals surface area (Å²) in [7, 11) is 1.58. The van der Waals surface area contributed by atoms with Crippen molar-refractivity contribution in [2.24, 2.45) is 10.7 Å². The Morgan fingerprint density at radius 3 is 2.41 bits per heavy atom. The van der Waals surface area contributed by atoms with Crippen LogP contribution in [0, 0.1) is 0 Å². The van der Waals surface area contributed by atoms with Crippen LogP contribution < -0.4 is 21.4 Å². The summed E-state index contributed by atoms with van der Waals surface area (Å²) < 4.78 is 2.21. The van der Waals surface area contributed by atoms with E-state index in [0.717, 1.165) is 4.88 Å². The fourth-order valence-corrected chi connectivity index (χ4v) is 2.85. The van der Waals surface area contributed by atoms with E-state index in [-0.39, 0.29) is 5.91 Å². The van der Waals surface area contributed by atoms with Crippen LogP contribution in [-0.4, -0.2) is 24.2 Å². The maximum atomic E-state index is 12.3. The number of rotatable bonds is 5. The van der Waals surface area contributed by atoms with Gasteiger partial charge < -0.3 is 11.1 Å². The van der Waals surface area contributed by atoms with Crippen molar-refractivity contribution in [3.63, 3.8) is 0 Å². The number of pyridine rings is 1. The van der Waals surface area contributed by atoms with Gasteiger partial charge in [-0.3, -0.25) is 15.5 Å². The van der Waals surface area contributed by atoms with Crippen molar-refractivity contribution in [2.45, 2.75) is 48.1 Å². The molecule has 0 bridgehead atoms. The molecule has 0 aromatic carbocycles. The van der Waals surface area contributed by atoms with Gasteiger partial charge in [0.15, 0.2) is 4.47 Å². The highest BCUT2D eigenvalue weighted by molar-refractivity contribution is 7.15. The van der Waals surface area contributed by atoms with Crippen molar-refractivity contribution >= 4 is 40.9 Å². The Labute approximate surface area is 183 Å². The summed E-state index contributed by atoms with van der Waals surface area (Å²) in [5.41, 5.74) is 12.3. The first kappa shape index (κ1) is 28.8. The number of amides is 1. The Morgan fingerprint density at radius 2 is 1.93 bits per heavy atom. The number of nitrogens with two attached hydrogens (primary N) is 2. The molecule has 0 unspecified atom stereocenters. The molecule has 2 heterocycles. The lowest BCUT2D eigenvalue weighted by molar-refractivity contribution is -0.673. The van der Waals surface area contributed by atoms with E-state index in [1.54, 1.807) is 36.1 Å². The Kier molecular flexibility index (Phi) is 17.5. The lowest BCUT2D eigenvalue weighted by Crippen LogP contribution is -2.39. The van der Waals surface area contributed by atoms with E-state index in [4.69, 9.17) is 23.1 Å². The smallest absolute Gasteiger partial charge is 0.285 e. The Hall–Kier alpha value is -2.45. The first-order valence-corrected chi connectivity index (χ1v) is 10.8. The summed E-state index contributed by atoms with van der Waals surface area (Å²) in [4.78, 5) is 21.1. The molecule has 0 saturated carbocycles. The van der Waals surface area contributed by atoms with Gasteiger partial charge in [-0.15, -0.1) is 11.3 Å². The fourth-order valence-electron chi connectivity index (χ4n) is 1.87. The van der Waals surface area contributed by atoms with Crippen molar-refractivity contribution < 1.29 is 9.36 Å². The monoisotopic (exact) mass is 441 g/mol. The summed E-state index contributed by atoms with van der Waals surface area (Å²) in [5, 5.41) is 2.64. The van der Waals surface area contributed by atoms with Gasteiger partial charge in [0.1, 0.15) is 12.1 Å². The molecular formula is C20H34ClN6OS+. The second kappa shape index (κ2) is 17.6. The first-order valence-electron chi connectivity index (χ1n) is 9.58. The van der Waals surface area contributed by atoms with Crippen LogP contribution in [0.5, 0.6) is 0 Å². The molecule has 1 amide bonds. The molecule has 0 radical (unpaired) electrons. The fraction of sp³-hybridized carbons (Fsp3) is 0.400. The van der Waals surface area contributed by atoms with Gasteiger partial charge in [0.25, 0.3) is 11.7 Å². The van der Waals surface area contributed by atoms with Gasteiger partial charge in [0.05, 0.1) is 16.8 Å². The summed E-state index contributed by atoms with van der Waals surface area (Å²) in [5.74, 6) is -0.0323. The third-order valence-corrected chi connectivity index (χ3v) is 4.02. The van der Waals surface area contributed by atoms with Crippen molar-refractivity contribution in [1.82, 2.24) is 10.3 Å². The standard InChI is InChI=1S/C14H15ClN6OS.3C2H6/c1-18-6-9(5-16)20-13(22)11-3-2-4-21(12(11)17)8-10-7-19-14(15)23-10;3*1-2/h2-7,17H,8H2,1H3,(H3,16,18,20,22);3*1-2H3/p+1. The lowest BCUT2D eigenvalue weighted by atomic mass is 10.2. The zero-order valence-electron chi connectivity index (χ0n) is 18.4. The van der Waals surface area contributed by atoms with Crippen LogP contribution in [0.2, 0.25) is 4.47 Å². The normalized spacial score (nSPS) is 10.0. The van der Waals surface area contributed by atoms with Gasteiger partial charge in [0, 0.05) is 25.7 Å². The number of anilines is 1. The molecule has 0 spiro atoms. The lowest BCUT2D eigenvalue weighted by Gasteiger charge is -2.08. The second-order valence-corrected chi connectivity index (χ2v) is 6.18. The predicted octanol–water partition coefficient (Wildman–Crippen LogP) is 4.02. The molecule has 0 saturated heterocycles. The van der Waals surface area contributed by atoms with E-state index < -0.39 is 0 Å².